The van der Waals surface area contributed by atoms with Crippen molar-refractivity contribution in [1.29, 1.82) is 0 Å². The second-order valence-corrected chi connectivity index (χ2v) is 8.97. The van der Waals surface area contributed by atoms with Crippen molar-refractivity contribution in [3.63, 3.8) is 0 Å². The Labute approximate surface area is 190 Å². The Kier molecular flexibility index (Phi) is 12.1. The molecule has 1 aromatic heterocycles. The fourth-order valence-corrected chi connectivity index (χ4v) is 3.97. The van der Waals surface area contributed by atoms with Gasteiger partial charge in [0.1, 0.15) is 0 Å². The van der Waals surface area contributed by atoms with Crippen LogP contribution in [-0.2, 0) is 6.42 Å². The van der Waals surface area contributed by atoms with Crippen molar-refractivity contribution in [3.05, 3.63) is 47.8 Å². The van der Waals surface area contributed by atoms with Gasteiger partial charge in [0.15, 0.2) is 11.6 Å². The Hall–Kier alpha value is -2.03. The van der Waals surface area contributed by atoms with Crippen LogP contribution >= 0.6 is 0 Å². The molecular formula is C28H42N2O. The van der Waals surface area contributed by atoms with Gasteiger partial charge in [0.05, 0.1) is 0 Å². The van der Waals surface area contributed by atoms with E-state index in [0.29, 0.717) is 12.2 Å². The monoisotopic (exact) mass is 422 g/mol. The van der Waals surface area contributed by atoms with Crippen LogP contribution in [0.2, 0.25) is 0 Å². The van der Waals surface area contributed by atoms with Crippen LogP contribution in [-0.4, -0.2) is 15.8 Å². The van der Waals surface area contributed by atoms with E-state index in [0.717, 1.165) is 42.0 Å². The van der Waals surface area contributed by atoms with Gasteiger partial charge in [0, 0.05) is 29.4 Å². The summed E-state index contributed by atoms with van der Waals surface area (Å²) in [5.74, 6) is 1.64. The first kappa shape index (κ1) is 25.2. The van der Waals surface area contributed by atoms with Crippen LogP contribution in [0.15, 0.2) is 36.5 Å². The Bertz CT molecular complexity index is 771. The highest BCUT2D eigenvalue weighted by Crippen LogP contribution is 2.23. The molecule has 3 nitrogen and oxygen atoms in total. The highest BCUT2D eigenvalue weighted by Gasteiger charge is 2.14. The van der Waals surface area contributed by atoms with E-state index in [1.54, 1.807) is 0 Å². The van der Waals surface area contributed by atoms with E-state index in [2.05, 4.69) is 25.8 Å². The first-order valence-corrected chi connectivity index (χ1v) is 12.6. The lowest BCUT2D eigenvalue weighted by molar-refractivity contribution is 0.0979. The van der Waals surface area contributed by atoms with Crippen molar-refractivity contribution in [2.75, 3.05) is 0 Å². The van der Waals surface area contributed by atoms with E-state index in [1.165, 1.54) is 57.8 Å². The predicted molar refractivity (Wildman–Crippen MR) is 131 cm³/mol. The minimum Gasteiger partial charge on any atom is -0.294 e. The van der Waals surface area contributed by atoms with Gasteiger partial charge < -0.3 is 0 Å². The Morgan fingerprint density at radius 1 is 0.903 bits per heavy atom. The van der Waals surface area contributed by atoms with Gasteiger partial charge >= 0.3 is 0 Å². The minimum absolute atomic E-state index is 0.209. The number of Topliss-reactive ketones (excluding diaryl/α,β-unsaturated/α-hetero) is 1. The Morgan fingerprint density at radius 3 is 2.42 bits per heavy atom. The molecule has 2 aromatic rings. The normalized spacial score (nSPS) is 12.1. The minimum atomic E-state index is 0.209. The summed E-state index contributed by atoms with van der Waals surface area (Å²) in [6, 6.07) is 9.84. The molecule has 170 valence electrons. The zero-order valence-corrected chi connectivity index (χ0v) is 20.0. The summed E-state index contributed by atoms with van der Waals surface area (Å²) in [7, 11) is 0. The molecule has 0 bridgehead atoms. The number of benzene rings is 1. The number of hydrogen-bond donors (Lipinski definition) is 0. The van der Waals surface area contributed by atoms with Gasteiger partial charge in [-0.05, 0) is 31.2 Å². The molecular weight excluding hydrogens is 380 g/mol. The fourth-order valence-electron chi connectivity index (χ4n) is 3.97. The molecule has 0 aliphatic carbocycles. The van der Waals surface area contributed by atoms with E-state index in [1.807, 2.05) is 36.5 Å². The van der Waals surface area contributed by atoms with Crippen LogP contribution in [0.1, 0.15) is 114 Å². The van der Waals surface area contributed by atoms with Crippen LogP contribution in [0.3, 0.4) is 0 Å². The highest BCUT2D eigenvalue weighted by molar-refractivity contribution is 6.01. The molecule has 1 unspecified atom stereocenters. The summed E-state index contributed by atoms with van der Waals surface area (Å²) >= 11 is 0. The number of carbonyl (C=O) groups is 1. The summed E-state index contributed by atoms with van der Waals surface area (Å²) in [6.45, 7) is 6.77. The van der Waals surface area contributed by atoms with Gasteiger partial charge in [-0.15, -0.1) is 0 Å². The van der Waals surface area contributed by atoms with Crippen molar-refractivity contribution in [1.82, 2.24) is 9.97 Å². The first-order chi connectivity index (χ1) is 15.2. The lowest BCUT2D eigenvalue weighted by atomic mass is 9.96. The maximum Gasteiger partial charge on any atom is 0.163 e. The molecule has 3 heteroatoms. The number of carbonyl (C=O) groups excluding carboxylic acids is 1. The number of rotatable bonds is 16. The molecule has 0 saturated heterocycles. The smallest absolute Gasteiger partial charge is 0.163 e. The average Bonchev–Trinajstić information content (AvgIpc) is 2.81. The van der Waals surface area contributed by atoms with Crippen molar-refractivity contribution in [2.45, 2.75) is 104 Å². The van der Waals surface area contributed by atoms with Gasteiger partial charge in [-0.1, -0.05) is 103 Å². The van der Waals surface area contributed by atoms with E-state index in [-0.39, 0.29) is 5.78 Å². The summed E-state index contributed by atoms with van der Waals surface area (Å²) in [5.41, 5.74) is 2.71. The first-order valence-electron chi connectivity index (χ1n) is 12.6. The molecule has 31 heavy (non-hydrogen) atoms. The molecule has 1 aromatic carbocycles. The molecule has 2 rings (SSSR count). The summed E-state index contributed by atoms with van der Waals surface area (Å²) in [6.07, 6.45) is 17.0. The van der Waals surface area contributed by atoms with Crippen molar-refractivity contribution >= 4 is 5.78 Å². The second-order valence-electron chi connectivity index (χ2n) is 8.97. The van der Waals surface area contributed by atoms with Gasteiger partial charge in [-0.25, -0.2) is 9.97 Å². The zero-order chi connectivity index (χ0) is 22.3. The quantitative estimate of drug-likeness (QED) is 0.202. The van der Waals surface area contributed by atoms with Gasteiger partial charge in [0.25, 0.3) is 0 Å². The fraction of sp³-hybridized carbons (Fsp3) is 0.607. The van der Waals surface area contributed by atoms with Gasteiger partial charge in [0.2, 0.25) is 0 Å². The largest absolute Gasteiger partial charge is 0.294 e. The second kappa shape index (κ2) is 14.9. The molecule has 0 amide bonds. The molecule has 0 spiro atoms. The lowest BCUT2D eigenvalue weighted by Crippen LogP contribution is -2.04. The number of nitrogens with zero attached hydrogens (tertiary/aromatic N) is 2. The van der Waals surface area contributed by atoms with E-state index in [9.17, 15) is 4.79 Å². The molecule has 0 radical (unpaired) electrons. The van der Waals surface area contributed by atoms with Crippen molar-refractivity contribution < 1.29 is 4.79 Å². The molecule has 0 aliphatic rings. The molecule has 0 fully saturated rings. The molecule has 1 heterocycles. The summed E-state index contributed by atoms with van der Waals surface area (Å²) in [4.78, 5) is 22.2. The lowest BCUT2D eigenvalue weighted by Gasteiger charge is -2.10. The Balaban J connectivity index is 1.92. The Morgan fingerprint density at radius 2 is 1.65 bits per heavy atom. The number of aryl methyl sites for hydroxylation is 1. The number of aromatic nitrogens is 2. The molecule has 0 N–H and O–H groups in total. The number of hydrogen-bond acceptors (Lipinski definition) is 3. The van der Waals surface area contributed by atoms with E-state index < -0.39 is 0 Å². The zero-order valence-electron chi connectivity index (χ0n) is 20.0. The van der Waals surface area contributed by atoms with E-state index in [4.69, 9.17) is 4.98 Å². The molecule has 0 saturated carbocycles. The number of unbranched alkanes of at least 4 members (excludes halogenated alkanes) is 7. The van der Waals surface area contributed by atoms with Crippen LogP contribution in [0, 0.1) is 5.92 Å². The van der Waals surface area contributed by atoms with Crippen LogP contribution in [0.4, 0.5) is 0 Å². The van der Waals surface area contributed by atoms with Crippen molar-refractivity contribution in [3.8, 4) is 11.4 Å². The number of ketones is 1. The maximum atomic E-state index is 12.9. The molecule has 0 aliphatic heterocycles. The molecule has 1 atom stereocenters. The summed E-state index contributed by atoms with van der Waals surface area (Å²) in [5, 5.41) is 0. The highest BCUT2D eigenvalue weighted by atomic mass is 16.1. The van der Waals surface area contributed by atoms with Crippen molar-refractivity contribution in [2.24, 2.45) is 5.92 Å². The van der Waals surface area contributed by atoms with E-state index >= 15 is 0 Å². The van der Waals surface area contributed by atoms with Crippen LogP contribution in [0.25, 0.3) is 11.4 Å². The standard InChI is InChI=1S/C28H42N2O/c1-4-6-7-8-9-10-11-17-24-21-22-29-28(30-24)26-19-14-13-18-25(26)27(31)20-15-12-16-23(3)5-2/h13-14,18-19,21-23H,4-12,15-17,20H2,1-3H3. The predicted octanol–water partition coefficient (Wildman–Crippen LogP) is 8.23. The average molecular weight is 423 g/mol. The van der Waals surface area contributed by atoms with Gasteiger partial charge in [-0.3, -0.25) is 4.79 Å². The third-order valence-electron chi connectivity index (χ3n) is 6.27. The summed E-state index contributed by atoms with van der Waals surface area (Å²) < 4.78 is 0. The SMILES string of the molecule is CCCCCCCCCc1ccnc(-c2ccccc2C(=O)CCCCC(C)CC)n1. The van der Waals surface area contributed by atoms with Crippen LogP contribution in [0.5, 0.6) is 0 Å². The third-order valence-corrected chi connectivity index (χ3v) is 6.27. The third kappa shape index (κ3) is 9.33. The topological polar surface area (TPSA) is 42.9 Å². The van der Waals surface area contributed by atoms with Crippen LogP contribution < -0.4 is 0 Å². The maximum absolute atomic E-state index is 12.9. The van der Waals surface area contributed by atoms with Gasteiger partial charge in [-0.2, -0.15) is 0 Å².